The highest BCUT2D eigenvalue weighted by molar-refractivity contribution is 7.12. The first-order valence-electron chi connectivity index (χ1n) is 7.77. The van der Waals surface area contributed by atoms with Crippen molar-refractivity contribution >= 4 is 17.2 Å². The summed E-state index contributed by atoms with van der Waals surface area (Å²) in [6.07, 6.45) is 1.68. The van der Waals surface area contributed by atoms with E-state index in [0.717, 1.165) is 16.7 Å². The Kier molecular flexibility index (Phi) is 5.23. The van der Waals surface area contributed by atoms with E-state index in [9.17, 15) is 4.79 Å². The Bertz CT molecular complexity index is 815. The number of nitrogens with zero attached hydrogens (tertiary/aromatic N) is 1. The largest absolute Gasteiger partial charge is 0.478 e. The van der Waals surface area contributed by atoms with E-state index in [1.807, 2.05) is 60.8 Å². The lowest BCUT2D eigenvalue weighted by molar-refractivity contribution is 0.0955. The first-order valence-corrected chi connectivity index (χ1v) is 8.65. The summed E-state index contributed by atoms with van der Waals surface area (Å²) in [5, 5.41) is 4.90. The fourth-order valence-corrected chi connectivity index (χ4v) is 3.24. The van der Waals surface area contributed by atoms with E-state index < -0.39 is 0 Å². The topological polar surface area (TPSA) is 51.2 Å². The number of hydrogen-bond acceptors (Lipinski definition) is 4. The molecule has 0 unspecified atom stereocenters. The zero-order chi connectivity index (χ0) is 16.8. The second-order valence-electron chi connectivity index (χ2n) is 5.11. The minimum absolute atomic E-state index is 0.0878. The zero-order valence-electron chi connectivity index (χ0n) is 13.4. The van der Waals surface area contributed by atoms with Gasteiger partial charge in [-0.25, -0.2) is 4.98 Å². The molecule has 1 amide bonds. The van der Waals surface area contributed by atoms with Crippen LogP contribution in [0.3, 0.4) is 0 Å². The smallest absolute Gasteiger partial charge is 0.262 e. The molecule has 3 rings (SSSR count). The fourth-order valence-electron chi connectivity index (χ4n) is 2.41. The zero-order valence-corrected chi connectivity index (χ0v) is 14.2. The van der Waals surface area contributed by atoms with Crippen LogP contribution in [0.15, 0.2) is 60.1 Å². The number of aromatic nitrogens is 1. The second-order valence-corrected chi connectivity index (χ2v) is 6.03. The molecule has 1 N–H and O–H groups in total. The van der Waals surface area contributed by atoms with Crippen molar-refractivity contribution in [1.82, 2.24) is 10.3 Å². The van der Waals surface area contributed by atoms with E-state index in [1.165, 1.54) is 11.3 Å². The van der Waals surface area contributed by atoms with Crippen molar-refractivity contribution < 1.29 is 9.53 Å². The van der Waals surface area contributed by atoms with Crippen LogP contribution in [-0.4, -0.2) is 17.5 Å². The molecule has 2 heterocycles. The summed E-state index contributed by atoms with van der Waals surface area (Å²) < 4.78 is 5.49. The number of nitrogens with one attached hydrogen (secondary N) is 1. The number of carbonyl (C=O) groups excluding carboxylic acids is 1. The summed E-state index contributed by atoms with van der Waals surface area (Å²) in [7, 11) is 0. The summed E-state index contributed by atoms with van der Waals surface area (Å²) >= 11 is 1.44. The molecule has 0 bridgehead atoms. The SMILES string of the molecule is CCOc1ncccc1CNC(=O)c1sccc1-c1ccccc1. The molecule has 5 heteroatoms. The summed E-state index contributed by atoms with van der Waals surface area (Å²) in [5.41, 5.74) is 2.86. The van der Waals surface area contributed by atoms with Crippen LogP contribution in [-0.2, 0) is 6.54 Å². The highest BCUT2D eigenvalue weighted by Gasteiger charge is 2.15. The molecule has 3 aromatic rings. The molecule has 0 fully saturated rings. The Morgan fingerprint density at radius 2 is 2.00 bits per heavy atom. The number of benzene rings is 1. The lowest BCUT2D eigenvalue weighted by Crippen LogP contribution is -2.23. The van der Waals surface area contributed by atoms with Gasteiger partial charge in [0.15, 0.2) is 0 Å². The van der Waals surface area contributed by atoms with E-state index in [0.29, 0.717) is 23.9 Å². The van der Waals surface area contributed by atoms with Gasteiger partial charge >= 0.3 is 0 Å². The first-order chi connectivity index (χ1) is 11.8. The van der Waals surface area contributed by atoms with Gasteiger partial charge in [-0.1, -0.05) is 36.4 Å². The molecule has 0 saturated carbocycles. The number of thiophene rings is 1. The highest BCUT2D eigenvalue weighted by Crippen LogP contribution is 2.28. The average Bonchev–Trinajstić information content (AvgIpc) is 3.11. The van der Waals surface area contributed by atoms with Crippen LogP contribution in [0.25, 0.3) is 11.1 Å². The molecule has 122 valence electrons. The average molecular weight is 338 g/mol. The van der Waals surface area contributed by atoms with Crippen molar-refractivity contribution in [2.24, 2.45) is 0 Å². The van der Waals surface area contributed by atoms with Gasteiger partial charge in [0.1, 0.15) is 0 Å². The summed E-state index contributed by atoms with van der Waals surface area (Å²) in [4.78, 5) is 17.5. The predicted molar refractivity (Wildman–Crippen MR) is 96.3 cm³/mol. The Morgan fingerprint density at radius 3 is 2.79 bits per heavy atom. The normalized spacial score (nSPS) is 10.4. The van der Waals surface area contributed by atoms with Crippen molar-refractivity contribution in [1.29, 1.82) is 0 Å². The fraction of sp³-hybridized carbons (Fsp3) is 0.158. The van der Waals surface area contributed by atoms with Gasteiger partial charge in [-0.05, 0) is 30.0 Å². The van der Waals surface area contributed by atoms with Gasteiger partial charge in [0.2, 0.25) is 5.88 Å². The number of hydrogen-bond donors (Lipinski definition) is 1. The van der Waals surface area contributed by atoms with Crippen LogP contribution in [0, 0.1) is 0 Å². The minimum Gasteiger partial charge on any atom is -0.478 e. The molecule has 4 nitrogen and oxygen atoms in total. The summed E-state index contributed by atoms with van der Waals surface area (Å²) in [6, 6.07) is 15.6. The molecule has 0 aliphatic heterocycles. The third-order valence-electron chi connectivity index (χ3n) is 3.53. The van der Waals surface area contributed by atoms with Crippen LogP contribution < -0.4 is 10.1 Å². The lowest BCUT2D eigenvalue weighted by Gasteiger charge is -2.10. The van der Waals surface area contributed by atoms with Gasteiger partial charge in [-0.15, -0.1) is 11.3 Å². The van der Waals surface area contributed by atoms with Crippen molar-refractivity contribution in [2.75, 3.05) is 6.61 Å². The van der Waals surface area contributed by atoms with Gasteiger partial charge in [0.25, 0.3) is 5.91 Å². The quantitative estimate of drug-likeness (QED) is 0.735. The maximum absolute atomic E-state index is 12.6. The summed E-state index contributed by atoms with van der Waals surface area (Å²) in [6.45, 7) is 2.84. The maximum atomic E-state index is 12.6. The number of rotatable bonds is 6. The van der Waals surface area contributed by atoms with Crippen LogP contribution in [0.2, 0.25) is 0 Å². The number of carbonyl (C=O) groups is 1. The number of ether oxygens (including phenoxy) is 1. The first kappa shape index (κ1) is 16.2. The van der Waals surface area contributed by atoms with E-state index in [1.54, 1.807) is 6.20 Å². The van der Waals surface area contributed by atoms with E-state index in [4.69, 9.17) is 4.74 Å². The Labute approximate surface area is 145 Å². The third kappa shape index (κ3) is 3.63. The molecule has 0 aliphatic carbocycles. The number of pyridine rings is 1. The Hall–Kier alpha value is -2.66. The predicted octanol–water partition coefficient (Wildman–Crippen LogP) is 4.14. The second kappa shape index (κ2) is 7.75. The number of amides is 1. The molecule has 0 atom stereocenters. The van der Waals surface area contributed by atoms with Crippen LogP contribution in [0.5, 0.6) is 5.88 Å². The molecule has 0 aliphatic rings. The summed E-state index contributed by atoms with van der Waals surface area (Å²) in [5.74, 6) is 0.477. The standard InChI is InChI=1S/C19H18N2O2S/c1-2-23-19-15(9-6-11-20-19)13-21-18(22)17-16(10-12-24-17)14-7-4-3-5-8-14/h3-12H,2,13H2,1H3,(H,21,22). The van der Waals surface area contributed by atoms with Crippen LogP contribution >= 0.6 is 11.3 Å². The van der Waals surface area contributed by atoms with Gasteiger partial charge in [-0.2, -0.15) is 0 Å². The molecular formula is C19H18N2O2S. The molecule has 0 saturated heterocycles. The Balaban J connectivity index is 1.74. The van der Waals surface area contributed by atoms with Crippen molar-refractivity contribution in [3.8, 4) is 17.0 Å². The van der Waals surface area contributed by atoms with Crippen molar-refractivity contribution in [3.05, 3.63) is 70.5 Å². The van der Waals surface area contributed by atoms with E-state index in [2.05, 4.69) is 10.3 Å². The van der Waals surface area contributed by atoms with Gasteiger partial charge in [0.05, 0.1) is 11.5 Å². The van der Waals surface area contributed by atoms with Gasteiger partial charge < -0.3 is 10.1 Å². The van der Waals surface area contributed by atoms with Crippen LogP contribution in [0.4, 0.5) is 0 Å². The van der Waals surface area contributed by atoms with E-state index >= 15 is 0 Å². The molecule has 2 aromatic heterocycles. The molecule has 0 radical (unpaired) electrons. The van der Waals surface area contributed by atoms with Crippen molar-refractivity contribution in [3.63, 3.8) is 0 Å². The molecule has 1 aromatic carbocycles. The Morgan fingerprint density at radius 1 is 1.17 bits per heavy atom. The molecular weight excluding hydrogens is 320 g/mol. The van der Waals surface area contributed by atoms with Crippen molar-refractivity contribution in [2.45, 2.75) is 13.5 Å². The third-order valence-corrected chi connectivity index (χ3v) is 4.44. The lowest BCUT2D eigenvalue weighted by atomic mass is 10.1. The minimum atomic E-state index is -0.0878. The maximum Gasteiger partial charge on any atom is 0.262 e. The monoisotopic (exact) mass is 338 g/mol. The molecule has 0 spiro atoms. The van der Waals surface area contributed by atoms with Gasteiger partial charge in [0, 0.05) is 23.9 Å². The van der Waals surface area contributed by atoms with E-state index in [-0.39, 0.29) is 5.91 Å². The molecule has 24 heavy (non-hydrogen) atoms. The van der Waals surface area contributed by atoms with Gasteiger partial charge in [-0.3, -0.25) is 4.79 Å². The highest BCUT2D eigenvalue weighted by atomic mass is 32.1. The van der Waals surface area contributed by atoms with Crippen LogP contribution in [0.1, 0.15) is 22.2 Å².